The highest BCUT2D eigenvalue weighted by Crippen LogP contribution is 2.39. The molecule has 3 atom stereocenters. The van der Waals surface area contributed by atoms with Crippen LogP contribution in [0.5, 0.6) is 5.75 Å². The molecule has 2 aliphatic rings. The molecule has 2 aliphatic heterocycles. The van der Waals surface area contributed by atoms with E-state index in [0.29, 0.717) is 17.3 Å². The van der Waals surface area contributed by atoms with Crippen molar-refractivity contribution in [1.29, 1.82) is 0 Å². The first-order chi connectivity index (χ1) is 7.34. The molecule has 2 heterocycles. The monoisotopic (exact) mass is 221 g/mol. The van der Waals surface area contributed by atoms with Gasteiger partial charge in [0.05, 0.1) is 11.3 Å². The second kappa shape index (κ2) is 3.72. The van der Waals surface area contributed by atoms with Crippen LogP contribution in [-0.2, 0) is 0 Å². The fourth-order valence-electron chi connectivity index (χ4n) is 2.30. The van der Waals surface area contributed by atoms with E-state index in [2.05, 4.69) is 30.4 Å². The van der Waals surface area contributed by atoms with Crippen molar-refractivity contribution < 1.29 is 4.74 Å². The summed E-state index contributed by atoms with van der Waals surface area (Å²) in [5, 5.41) is 4.25. The zero-order valence-electron chi connectivity index (χ0n) is 8.77. The molecule has 1 aromatic carbocycles. The van der Waals surface area contributed by atoms with Gasteiger partial charge in [0.1, 0.15) is 12.4 Å². The van der Waals surface area contributed by atoms with Crippen molar-refractivity contribution in [3.05, 3.63) is 29.8 Å². The average Bonchev–Trinajstić information content (AvgIpc) is 2.29. The fourth-order valence-corrected chi connectivity index (χ4v) is 3.52. The van der Waals surface area contributed by atoms with Crippen LogP contribution in [0.25, 0.3) is 0 Å². The molecule has 0 aliphatic carbocycles. The van der Waals surface area contributed by atoms with Crippen LogP contribution < -0.4 is 10.1 Å². The lowest BCUT2D eigenvalue weighted by Gasteiger charge is -2.39. The van der Waals surface area contributed by atoms with Crippen molar-refractivity contribution >= 4 is 11.8 Å². The lowest BCUT2D eigenvalue weighted by Crippen LogP contribution is -2.46. The highest BCUT2D eigenvalue weighted by molar-refractivity contribution is 8.00. The molecule has 0 amide bonds. The second-order valence-electron chi connectivity index (χ2n) is 4.27. The summed E-state index contributed by atoms with van der Waals surface area (Å²) in [6, 6.07) is 9.45. The molecule has 0 aromatic heterocycles. The topological polar surface area (TPSA) is 21.3 Å². The van der Waals surface area contributed by atoms with Crippen LogP contribution in [0.15, 0.2) is 24.3 Å². The van der Waals surface area contributed by atoms with Crippen molar-refractivity contribution in [2.45, 2.75) is 24.3 Å². The van der Waals surface area contributed by atoms with Crippen LogP contribution in [-0.4, -0.2) is 23.7 Å². The zero-order valence-corrected chi connectivity index (χ0v) is 9.59. The Morgan fingerprint density at radius 2 is 2.27 bits per heavy atom. The molecule has 2 nitrogen and oxygen atoms in total. The molecular weight excluding hydrogens is 206 g/mol. The van der Waals surface area contributed by atoms with E-state index >= 15 is 0 Å². The number of rotatable bonds is 0. The minimum atomic E-state index is 0.476. The first-order valence-corrected chi connectivity index (χ1v) is 6.49. The van der Waals surface area contributed by atoms with Gasteiger partial charge in [0, 0.05) is 17.4 Å². The molecule has 0 bridgehead atoms. The highest BCUT2D eigenvalue weighted by Gasteiger charge is 2.35. The molecule has 0 spiro atoms. The first-order valence-electron chi connectivity index (χ1n) is 5.44. The van der Waals surface area contributed by atoms with Crippen LogP contribution >= 0.6 is 11.8 Å². The van der Waals surface area contributed by atoms with E-state index in [1.54, 1.807) is 0 Å². The van der Waals surface area contributed by atoms with Gasteiger partial charge >= 0.3 is 0 Å². The standard InChI is InChI=1S/C12H15NOS/c1-8-7-15-11-6-14-10-5-3-2-4-9(10)12(11)13-8/h2-5,8,11-13H,6-7H2,1H3. The maximum absolute atomic E-state index is 5.77. The number of nitrogens with one attached hydrogen (secondary N) is 1. The summed E-state index contributed by atoms with van der Waals surface area (Å²) in [5.74, 6) is 2.24. The van der Waals surface area contributed by atoms with Crippen LogP contribution in [0, 0.1) is 0 Å². The Morgan fingerprint density at radius 1 is 1.40 bits per heavy atom. The van der Waals surface area contributed by atoms with Gasteiger partial charge in [-0.15, -0.1) is 0 Å². The van der Waals surface area contributed by atoms with Crippen molar-refractivity contribution in [1.82, 2.24) is 5.32 Å². The van der Waals surface area contributed by atoms with E-state index in [1.165, 1.54) is 11.3 Å². The van der Waals surface area contributed by atoms with Crippen LogP contribution in [0.3, 0.4) is 0 Å². The highest BCUT2D eigenvalue weighted by atomic mass is 32.2. The molecule has 3 heteroatoms. The van der Waals surface area contributed by atoms with Gasteiger partial charge in [0.2, 0.25) is 0 Å². The lowest BCUT2D eigenvalue weighted by atomic mass is 9.99. The van der Waals surface area contributed by atoms with Crippen LogP contribution in [0.2, 0.25) is 0 Å². The Morgan fingerprint density at radius 3 is 3.20 bits per heavy atom. The number of benzene rings is 1. The van der Waals surface area contributed by atoms with E-state index < -0.39 is 0 Å². The molecule has 15 heavy (non-hydrogen) atoms. The van der Waals surface area contributed by atoms with E-state index in [-0.39, 0.29) is 0 Å². The van der Waals surface area contributed by atoms with Crippen molar-refractivity contribution in [3.8, 4) is 5.75 Å². The number of para-hydroxylation sites is 1. The molecule has 1 aromatic rings. The van der Waals surface area contributed by atoms with E-state index in [9.17, 15) is 0 Å². The van der Waals surface area contributed by atoms with Gasteiger partial charge in [-0.2, -0.15) is 11.8 Å². The van der Waals surface area contributed by atoms with Gasteiger partial charge in [-0.05, 0) is 13.0 Å². The molecule has 1 saturated heterocycles. The normalized spacial score (nSPS) is 33.8. The summed E-state index contributed by atoms with van der Waals surface area (Å²) >= 11 is 2.03. The van der Waals surface area contributed by atoms with E-state index in [0.717, 1.165) is 12.4 Å². The Labute approximate surface area is 94.4 Å². The van der Waals surface area contributed by atoms with Gasteiger partial charge in [-0.1, -0.05) is 18.2 Å². The molecule has 0 radical (unpaired) electrons. The van der Waals surface area contributed by atoms with Crippen molar-refractivity contribution in [2.75, 3.05) is 12.4 Å². The molecule has 1 N–H and O–H groups in total. The lowest BCUT2D eigenvalue weighted by molar-refractivity contribution is 0.250. The van der Waals surface area contributed by atoms with Gasteiger partial charge in [-0.3, -0.25) is 0 Å². The number of ether oxygens (including phenoxy) is 1. The Balaban J connectivity index is 1.96. The summed E-state index contributed by atoms with van der Waals surface area (Å²) < 4.78 is 5.77. The summed E-state index contributed by atoms with van der Waals surface area (Å²) in [4.78, 5) is 0. The molecule has 80 valence electrons. The minimum Gasteiger partial charge on any atom is -0.492 e. The molecule has 3 unspecified atom stereocenters. The summed E-state index contributed by atoms with van der Waals surface area (Å²) in [7, 11) is 0. The van der Waals surface area contributed by atoms with Crippen LogP contribution in [0.4, 0.5) is 0 Å². The summed E-state index contributed by atoms with van der Waals surface area (Å²) in [6.07, 6.45) is 0. The third-order valence-corrected chi connectivity index (χ3v) is 4.58. The largest absolute Gasteiger partial charge is 0.492 e. The SMILES string of the molecule is CC1CSC2COc3ccccc3C2N1. The summed E-state index contributed by atoms with van der Waals surface area (Å²) in [5.41, 5.74) is 1.33. The quantitative estimate of drug-likeness (QED) is 0.726. The first kappa shape index (κ1) is 9.55. The predicted molar refractivity (Wildman–Crippen MR) is 63.5 cm³/mol. The van der Waals surface area contributed by atoms with Crippen molar-refractivity contribution in [3.63, 3.8) is 0 Å². The fraction of sp³-hybridized carbons (Fsp3) is 0.500. The summed E-state index contributed by atoms with van der Waals surface area (Å²) in [6.45, 7) is 3.09. The van der Waals surface area contributed by atoms with E-state index in [1.807, 2.05) is 17.8 Å². The van der Waals surface area contributed by atoms with Crippen molar-refractivity contribution in [2.24, 2.45) is 0 Å². The molecule has 0 saturated carbocycles. The van der Waals surface area contributed by atoms with Gasteiger partial charge < -0.3 is 10.1 Å². The maximum Gasteiger partial charge on any atom is 0.124 e. The molecule has 3 rings (SSSR count). The Kier molecular flexibility index (Phi) is 2.37. The van der Waals surface area contributed by atoms with E-state index in [4.69, 9.17) is 4.74 Å². The Hall–Kier alpha value is -0.670. The average molecular weight is 221 g/mol. The second-order valence-corrected chi connectivity index (χ2v) is 5.54. The van der Waals surface area contributed by atoms with Gasteiger partial charge in [-0.25, -0.2) is 0 Å². The smallest absolute Gasteiger partial charge is 0.124 e. The molecular formula is C12H15NOS. The third kappa shape index (κ3) is 1.64. The number of thioether (sulfide) groups is 1. The van der Waals surface area contributed by atoms with Gasteiger partial charge in [0.25, 0.3) is 0 Å². The zero-order chi connectivity index (χ0) is 10.3. The number of hydrogen-bond acceptors (Lipinski definition) is 3. The Bertz CT molecular complexity index is 368. The minimum absolute atomic E-state index is 0.476. The number of fused-ring (bicyclic) bond motifs is 3. The molecule has 1 fully saturated rings. The third-order valence-electron chi connectivity index (χ3n) is 3.05. The van der Waals surface area contributed by atoms with Gasteiger partial charge in [0.15, 0.2) is 0 Å². The van der Waals surface area contributed by atoms with Crippen LogP contribution in [0.1, 0.15) is 18.5 Å². The number of hydrogen-bond donors (Lipinski definition) is 1. The predicted octanol–water partition coefficient (Wildman–Crippen LogP) is 2.21. The maximum atomic E-state index is 5.77.